The Morgan fingerprint density at radius 3 is 2.75 bits per heavy atom. The van der Waals surface area contributed by atoms with E-state index in [1.54, 1.807) is 18.2 Å². The lowest BCUT2D eigenvalue weighted by molar-refractivity contribution is 0.250. The Morgan fingerprint density at radius 1 is 1.35 bits per heavy atom. The Hall–Kier alpha value is -0.660. The fraction of sp³-hybridized carbons (Fsp3) is 0.385. The van der Waals surface area contributed by atoms with Gasteiger partial charge in [-0.25, -0.2) is 8.42 Å². The summed E-state index contributed by atoms with van der Waals surface area (Å²) in [5.41, 5.74) is 0. The van der Waals surface area contributed by atoms with Crippen molar-refractivity contribution in [2.45, 2.75) is 23.1 Å². The molecule has 1 N–H and O–H groups in total. The molecule has 1 aromatic carbocycles. The summed E-state index contributed by atoms with van der Waals surface area (Å²) in [6, 6.07) is 7.05. The molecule has 2 aromatic rings. The summed E-state index contributed by atoms with van der Waals surface area (Å²) >= 11 is 7.17. The third-order valence-electron chi connectivity index (χ3n) is 3.29. The first-order valence-electron chi connectivity index (χ1n) is 6.34. The number of aliphatic hydroxyl groups is 1. The van der Waals surface area contributed by atoms with Crippen LogP contribution in [0.1, 0.15) is 12.8 Å². The van der Waals surface area contributed by atoms with E-state index in [0.717, 1.165) is 22.9 Å². The van der Waals surface area contributed by atoms with E-state index in [0.29, 0.717) is 9.23 Å². The molecular weight excluding hydrogens is 318 g/mol. The smallest absolute Gasteiger partial charge is 0.252 e. The second-order valence-corrected chi connectivity index (χ2v) is 8.46. The number of aliphatic hydroxyl groups excluding tert-OH is 1. The topological polar surface area (TPSA) is 57.6 Å². The van der Waals surface area contributed by atoms with Crippen LogP contribution in [0.25, 0.3) is 10.1 Å². The minimum Gasteiger partial charge on any atom is -0.395 e. The summed E-state index contributed by atoms with van der Waals surface area (Å²) in [4.78, 5) is 0. The maximum atomic E-state index is 12.7. The number of sulfonamides is 1. The highest BCUT2D eigenvalue weighted by Gasteiger charge is 2.38. The summed E-state index contributed by atoms with van der Waals surface area (Å²) in [6.07, 6.45) is 1.74. The number of thiophene rings is 1. The highest BCUT2D eigenvalue weighted by molar-refractivity contribution is 7.91. The zero-order valence-electron chi connectivity index (χ0n) is 10.6. The van der Waals surface area contributed by atoms with Crippen LogP contribution in [0, 0.1) is 0 Å². The standard InChI is InChI=1S/C13H14ClNO3S2/c14-10-1-4-12-9(7-10)8-13(19-12)20(17,18)15(5-6-16)11-2-3-11/h1,4,7-8,11,16H,2-3,5-6H2. The van der Waals surface area contributed by atoms with Gasteiger partial charge in [-0.15, -0.1) is 11.3 Å². The fourth-order valence-corrected chi connectivity index (χ4v) is 5.56. The van der Waals surface area contributed by atoms with Gasteiger partial charge in [0.1, 0.15) is 4.21 Å². The van der Waals surface area contributed by atoms with Crippen LogP contribution in [0.2, 0.25) is 5.02 Å². The maximum Gasteiger partial charge on any atom is 0.252 e. The van der Waals surface area contributed by atoms with E-state index in [9.17, 15) is 8.42 Å². The summed E-state index contributed by atoms with van der Waals surface area (Å²) in [7, 11) is -3.53. The lowest BCUT2D eigenvalue weighted by Gasteiger charge is -2.19. The summed E-state index contributed by atoms with van der Waals surface area (Å²) in [5.74, 6) is 0. The molecule has 0 radical (unpaired) electrons. The van der Waals surface area contributed by atoms with Crippen LogP contribution in [-0.4, -0.2) is 37.0 Å². The van der Waals surface area contributed by atoms with Crippen LogP contribution in [0.5, 0.6) is 0 Å². The molecule has 1 fully saturated rings. The summed E-state index contributed by atoms with van der Waals surface area (Å²) < 4.78 is 27.9. The Labute approximate surface area is 126 Å². The van der Waals surface area contributed by atoms with Gasteiger partial charge in [0.05, 0.1) is 6.61 Å². The lowest BCUT2D eigenvalue weighted by atomic mass is 10.3. The first kappa shape index (κ1) is 14.3. The number of halogens is 1. The molecule has 1 aliphatic rings. The molecule has 1 saturated carbocycles. The highest BCUT2D eigenvalue weighted by Crippen LogP contribution is 2.36. The molecule has 0 saturated heterocycles. The predicted molar refractivity (Wildman–Crippen MR) is 80.8 cm³/mol. The second-order valence-electron chi connectivity index (χ2n) is 4.82. The van der Waals surface area contributed by atoms with Gasteiger partial charge in [-0.3, -0.25) is 0 Å². The Balaban J connectivity index is 2.03. The van der Waals surface area contributed by atoms with Crippen molar-refractivity contribution < 1.29 is 13.5 Å². The zero-order chi connectivity index (χ0) is 14.3. The van der Waals surface area contributed by atoms with E-state index in [-0.39, 0.29) is 19.2 Å². The van der Waals surface area contributed by atoms with Crippen molar-refractivity contribution in [3.8, 4) is 0 Å². The molecule has 0 spiro atoms. The average molecular weight is 332 g/mol. The Morgan fingerprint density at radius 2 is 2.10 bits per heavy atom. The number of hydrogen-bond acceptors (Lipinski definition) is 4. The summed E-state index contributed by atoms with van der Waals surface area (Å²) in [6.45, 7) is -0.00550. The van der Waals surface area contributed by atoms with Crippen LogP contribution in [-0.2, 0) is 10.0 Å². The summed E-state index contributed by atoms with van der Waals surface area (Å²) in [5, 5.41) is 10.5. The van der Waals surface area contributed by atoms with Crippen LogP contribution in [0.3, 0.4) is 0 Å². The Kier molecular flexibility index (Phi) is 3.77. The molecular formula is C13H14ClNO3S2. The van der Waals surface area contributed by atoms with Crippen molar-refractivity contribution >= 4 is 43.0 Å². The van der Waals surface area contributed by atoms with E-state index < -0.39 is 10.0 Å². The van der Waals surface area contributed by atoms with E-state index in [1.165, 1.54) is 15.6 Å². The third kappa shape index (κ3) is 2.58. The molecule has 0 aliphatic heterocycles. The van der Waals surface area contributed by atoms with E-state index >= 15 is 0 Å². The minimum absolute atomic E-state index is 0.0425. The van der Waals surface area contributed by atoms with Gasteiger partial charge in [0.2, 0.25) is 0 Å². The number of fused-ring (bicyclic) bond motifs is 1. The van der Waals surface area contributed by atoms with Crippen LogP contribution < -0.4 is 0 Å². The zero-order valence-corrected chi connectivity index (χ0v) is 13.0. The molecule has 3 rings (SSSR count). The number of rotatable bonds is 5. The lowest BCUT2D eigenvalue weighted by Crippen LogP contribution is -2.35. The van der Waals surface area contributed by atoms with Crippen LogP contribution >= 0.6 is 22.9 Å². The molecule has 4 nitrogen and oxygen atoms in total. The third-order valence-corrected chi connectivity index (χ3v) is 7.05. The molecule has 0 amide bonds. The van der Waals surface area contributed by atoms with Crippen LogP contribution in [0.4, 0.5) is 0 Å². The number of benzene rings is 1. The normalized spacial score (nSPS) is 16.1. The van der Waals surface area contributed by atoms with Gasteiger partial charge >= 0.3 is 0 Å². The van der Waals surface area contributed by atoms with Crippen LogP contribution in [0.15, 0.2) is 28.5 Å². The first-order chi connectivity index (χ1) is 9.52. The van der Waals surface area contributed by atoms with Gasteiger partial charge in [-0.05, 0) is 42.5 Å². The molecule has 1 heterocycles. The van der Waals surface area contributed by atoms with Gasteiger partial charge in [-0.1, -0.05) is 11.6 Å². The van der Waals surface area contributed by atoms with Gasteiger partial charge in [0, 0.05) is 22.3 Å². The molecule has 20 heavy (non-hydrogen) atoms. The minimum atomic E-state index is -3.53. The van der Waals surface area contributed by atoms with E-state index in [1.807, 2.05) is 6.07 Å². The van der Waals surface area contributed by atoms with Crippen molar-refractivity contribution in [1.82, 2.24) is 4.31 Å². The van der Waals surface area contributed by atoms with Gasteiger partial charge in [-0.2, -0.15) is 4.31 Å². The van der Waals surface area contributed by atoms with Crippen molar-refractivity contribution in [2.24, 2.45) is 0 Å². The number of hydrogen-bond donors (Lipinski definition) is 1. The highest BCUT2D eigenvalue weighted by atomic mass is 35.5. The van der Waals surface area contributed by atoms with E-state index in [4.69, 9.17) is 16.7 Å². The molecule has 0 unspecified atom stereocenters. The molecule has 1 aromatic heterocycles. The maximum absolute atomic E-state index is 12.7. The SMILES string of the molecule is O=S(=O)(c1cc2cc(Cl)ccc2s1)N(CCO)C1CC1. The van der Waals surface area contributed by atoms with Crippen molar-refractivity contribution in [3.63, 3.8) is 0 Å². The average Bonchev–Trinajstić information content (AvgIpc) is 3.14. The van der Waals surface area contributed by atoms with Crippen molar-refractivity contribution in [3.05, 3.63) is 29.3 Å². The van der Waals surface area contributed by atoms with Gasteiger partial charge in [0.15, 0.2) is 0 Å². The predicted octanol–water partition coefficient (Wildman–Crippen LogP) is 2.70. The molecule has 0 atom stereocenters. The second kappa shape index (κ2) is 5.27. The molecule has 0 bridgehead atoms. The molecule has 108 valence electrons. The Bertz CT molecular complexity index is 737. The first-order valence-corrected chi connectivity index (χ1v) is 8.97. The quantitative estimate of drug-likeness (QED) is 0.916. The monoisotopic (exact) mass is 331 g/mol. The van der Waals surface area contributed by atoms with Gasteiger partial charge < -0.3 is 5.11 Å². The van der Waals surface area contributed by atoms with E-state index in [2.05, 4.69) is 0 Å². The molecule has 1 aliphatic carbocycles. The largest absolute Gasteiger partial charge is 0.395 e. The van der Waals surface area contributed by atoms with Gasteiger partial charge in [0.25, 0.3) is 10.0 Å². The van der Waals surface area contributed by atoms with Crippen molar-refractivity contribution in [2.75, 3.05) is 13.2 Å². The van der Waals surface area contributed by atoms with Crippen molar-refractivity contribution in [1.29, 1.82) is 0 Å². The molecule has 7 heteroatoms. The fourth-order valence-electron chi connectivity index (χ4n) is 2.19. The number of nitrogens with zero attached hydrogens (tertiary/aromatic N) is 1.